The number of aryl methyl sites for hydroxylation is 1. The van der Waals surface area contributed by atoms with Crippen LogP contribution in [-0.4, -0.2) is 42.6 Å². The summed E-state index contributed by atoms with van der Waals surface area (Å²) in [5.41, 5.74) is 1.48. The molecule has 1 saturated carbocycles. The predicted molar refractivity (Wildman–Crippen MR) is 89.0 cm³/mol. The molecule has 1 atom stereocenters. The number of hydrogen-bond acceptors (Lipinski definition) is 4. The summed E-state index contributed by atoms with van der Waals surface area (Å²) in [6.07, 6.45) is 1.57. The van der Waals surface area contributed by atoms with E-state index < -0.39 is 11.3 Å². The van der Waals surface area contributed by atoms with Gasteiger partial charge in [-0.1, -0.05) is 6.92 Å². The molecule has 2 aliphatic heterocycles. The van der Waals surface area contributed by atoms with Crippen LogP contribution in [0.2, 0.25) is 0 Å². The smallest absolute Gasteiger partial charge is 0.256 e. The van der Waals surface area contributed by atoms with Crippen LogP contribution < -0.4 is 10.2 Å². The average molecular weight is 351 g/mol. The molecule has 136 valence electrons. The van der Waals surface area contributed by atoms with Gasteiger partial charge < -0.3 is 15.0 Å². The topological polar surface area (TPSA) is 54.5 Å². The molecule has 0 radical (unpaired) electrons. The maximum atomic E-state index is 13.3. The molecule has 4 rings (SSSR count). The molecule has 7 heteroatoms. The number of carbonyl (C=O) groups is 1. The second kappa shape index (κ2) is 5.62. The average Bonchev–Trinajstić information content (AvgIpc) is 2.89. The summed E-state index contributed by atoms with van der Waals surface area (Å²) in [5.74, 6) is -1.71. The Hall–Kier alpha value is -1.76. The van der Waals surface area contributed by atoms with Crippen molar-refractivity contribution in [3.8, 4) is 0 Å². The number of alkyl halides is 2. The van der Waals surface area contributed by atoms with E-state index in [1.165, 1.54) is 0 Å². The molecule has 2 fully saturated rings. The molecular weight excluding hydrogens is 328 g/mol. The lowest BCUT2D eigenvalue weighted by Gasteiger charge is -2.34. The summed E-state index contributed by atoms with van der Waals surface area (Å²) in [6, 6.07) is 1.90. The van der Waals surface area contributed by atoms with E-state index in [0.29, 0.717) is 12.1 Å². The van der Waals surface area contributed by atoms with Gasteiger partial charge in [0.25, 0.3) is 11.8 Å². The van der Waals surface area contributed by atoms with Crippen LogP contribution in [0.1, 0.15) is 47.8 Å². The van der Waals surface area contributed by atoms with E-state index in [1.54, 1.807) is 6.92 Å². The van der Waals surface area contributed by atoms with E-state index in [2.05, 4.69) is 15.2 Å². The van der Waals surface area contributed by atoms with Gasteiger partial charge in [0.2, 0.25) is 0 Å². The third-order valence-corrected chi connectivity index (χ3v) is 5.68. The van der Waals surface area contributed by atoms with Crippen LogP contribution in [0, 0.1) is 12.3 Å². The quantitative estimate of drug-likeness (QED) is 0.906. The highest BCUT2D eigenvalue weighted by molar-refractivity contribution is 5.98. The van der Waals surface area contributed by atoms with Gasteiger partial charge in [0.15, 0.2) is 0 Å². The summed E-state index contributed by atoms with van der Waals surface area (Å²) >= 11 is 0. The number of hydrogen-bond donors (Lipinski definition) is 1. The number of pyridine rings is 1. The molecule has 0 aromatic carbocycles. The Morgan fingerprint density at radius 2 is 2.08 bits per heavy atom. The largest absolute Gasteiger partial charge is 0.377 e. The van der Waals surface area contributed by atoms with Crippen LogP contribution in [0.25, 0.3) is 0 Å². The Kier molecular flexibility index (Phi) is 3.76. The Balaban J connectivity index is 1.36. The summed E-state index contributed by atoms with van der Waals surface area (Å²) in [6.45, 7) is 5.74. The fourth-order valence-electron chi connectivity index (χ4n) is 3.69. The fourth-order valence-corrected chi connectivity index (χ4v) is 3.69. The zero-order valence-corrected chi connectivity index (χ0v) is 14.6. The number of nitrogens with zero attached hydrogens (tertiary/aromatic N) is 2. The minimum atomic E-state index is -2.56. The molecule has 5 nitrogen and oxygen atoms in total. The van der Waals surface area contributed by atoms with Crippen LogP contribution >= 0.6 is 0 Å². The number of ether oxygens (including phenoxy) is 1. The summed E-state index contributed by atoms with van der Waals surface area (Å²) in [5, 5.41) is 2.79. The number of aromatic nitrogens is 1. The molecule has 1 aliphatic carbocycles. The Morgan fingerprint density at radius 1 is 1.40 bits per heavy atom. The van der Waals surface area contributed by atoms with Gasteiger partial charge in [-0.05, 0) is 31.4 Å². The third-order valence-electron chi connectivity index (χ3n) is 5.68. The third kappa shape index (κ3) is 2.88. The SMILES string of the molecule is Cc1cc2c(nc1N1CCC(OC[C@]3(C)CC3(F)F)CC1)CNC2=O. The second-order valence-corrected chi connectivity index (χ2v) is 7.75. The van der Waals surface area contributed by atoms with Gasteiger partial charge in [-0.25, -0.2) is 13.8 Å². The lowest BCUT2D eigenvalue weighted by atomic mass is 10.1. The van der Waals surface area contributed by atoms with E-state index in [-0.39, 0.29) is 25.0 Å². The standard InChI is InChI=1S/C18H23F2N3O2/c1-11-7-13-14(8-21-16(13)24)22-15(11)23-5-3-12(4-6-23)25-10-17(2)9-18(17,19)20/h7,12H,3-6,8-10H2,1-2H3,(H,21,24)/t17-/m0/s1. The van der Waals surface area contributed by atoms with Gasteiger partial charge in [-0.15, -0.1) is 0 Å². The monoisotopic (exact) mass is 351 g/mol. The van der Waals surface area contributed by atoms with E-state index in [1.807, 2.05) is 13.0 Å². The normalized spacial score (nSPS) is 28.0. The maximum absolute atomic E-state index is 13.3. The molecule has 0 bridgehead atoms. The van der Waals surface area contributed by atoms with E-state index >= 15 is 0 Å². The summed E-state index contributed by atoms with van der Waals surface area (Å²) in [7, 11) is 0. The van der Waals surface area contributed by atoms with Gasteiger partial charge in [-0.2, -0.15) is 0 Å². The molecule has 1 amide bonds. The van der Waals surface area contributed by atoms with Gasteiger partial charge >= 0.3 is 0 Å². The Bertz CT molecular complexity index is 717. The van der Waals surface area contributed by atoms with Crippen molar-refractivity contribution < 1.29 is 18.3 Å². The highest BCUT2D eigenvalue weighted by Crippen LogP contribution is 2.60. The molecule has 1 aromatic heterocycles. The number of amides is 1. The molecule has 1 aromatic rings. The zero-order chi connectivity index (χ0) is 17.8. The first-order chi connectivity index (χ1) is 11.8. The maximum Gasteiger partial charge on any atom is 0.256 e. The summed E-state index contributed by atoms with van der Waals surface area (Å²) in [4.78, 5) is 18.6. The van der Waals surface area contributed by atoms with Crippen LogP contribution in [0.15, 0.2) is 6.07 Å². The van der Waals surface area contributed by atoms with Gasteiger partial charge in [0.1, 0.15) is 5.82 Å². The molecule has 0 unspecified atom stereocenters. The molecular formula is C18H23F2N3O2. The van der Waals surface area contributed by atoms with Crippen molar-refractivity contribution in [3.05, 3.63) is 22.9 Å². The number of nitrogens with one attached hydrogen (secondary N) is 1. The van der Waals surface area contributed by atoms with E-state index in [4.69, 9.17) is 4.74 Å². The molecule has 3 heterocycles. The van der Waals surface area contributed by atoms with Crippen LogP contribution in [0.3, 0.4) is 0 Å². The van der Waals surface area contributed by atoms with Gasteiger partial charge in [0, 0.05) is 19.5 Å². The predicted octanol–water partition coefficient (Wildman–Crippen LogP) is 2.66. The van der Waals surface area contributed by atoms with Gasteiger partial charge in [0.05, 0.1) is 35.9 Å². The van der Waals surface area contributed by atoms with E-state index in [9.17, 15) is 13.6 Å². The molecule has 1 N–H and O–H groups in total. The van der Waals surface area contributed by atoms with Crippen molar-refractivity contribution in [2.45, 2.75) is 51.7 Å². The van der Waals surface area contributed by atoms with Crippen molar-refractivity contribution >= 4 is 11.7 Å². The number of fused-ring (bicyclic) bond motifs is 1. The first kappa shape index (κ1) is 16.7. The zero-order valence-electron chi connectivity index (χ0n) is 14.6. The molecule has 3 aliphatic rings. The fraction of sp³-hybridized carbons (Fsp3) is 0.667. The Labute approximate surface area is 145 Å². The van der Waals surface area contributed by atoms with Crippen molar-refractivity contribution in [1.82, 2.24) is 10.3 Å². The number of piperidine rings is 1. The summed E-state index contributed by atoms with van der Waals surface area (Å²) < 4.78 is 32.3. The van der Waals surface area contributed by atoms with Crippen molar-refractivity contribution in [1.29, 1.82) is 0 Å². The van der Waals surface area contributed by atoms with Crippen molar-refractivity contribution in [3.63, 3.8) is 0 Å². The number of rotatable bonds is 4. The number of halogens is 2. The molecule has 1 saturated heterocycles. The lowest BCUT2D eigenvalue weighted by molar-refractivity contribution is -0.0245. The van der Waals surface area contributed by atoms with Gasteiger partial charge in [-0.3, -0.25) is 4.79 Å². The van der Waals surface area contributed by atoms with Crippen LogP contribution in [0.4, 0.5) is 14.6 Å². The second-order valence-electron chi connectivity index (χ2n) is 7.75. The minimum Gasteiger partial charge on any atom is -0.377 e. The van der Waals surface area contributed by atoms with Crippen molar-refractivity contribution in [2.75, 3.05) is 24.6 Å². The first-order valence-corrected chi connectivity index (χ1v) is 8.82. The van der Waals surface area contributed by atoms with E-state index in [0.717, 1.165) is 43.0 Å². The molecule has 25 heavy (non-hydrogen) atoms. The minimum absolute atomic E-state index is 0.0300. The highest BCUT2D eigenvalue weighted by Gasteiger charge is 2.68. The Morgan fingerprint density at radius 3 is 2.72 bits per heavy atom. The van der Waals surface area contributed by atoms with Crippen molar-refractivity contribution in [2.24, 2.45) is 5.41 Å². The number of carbonyl (C=O) groups excluding carboxylic acids is 1. The van der Waals surface area contributed by atoms with Crippen LogP contribution in [0.5, 0.6) is 0 Å². The highest BCUT2D eigenvalue weighted by atomic mass is 19.3. The lowest BCUT2D eigenvalue weighted by Crippen LogP contribution is -2.38. The van der Waals surface area contributed by atoms with Crippen LogP contribution in [-0.2, 0) is 11.3 Å². The molecule has 0 spiro atoms. The number of anilines is 1. The first-order valence-electron chi connectivity index (χ1n) is 8.82.